The fraction of sp³-hybridized carbons (Fsp3) is 0.667. The van der Waals surface area contributed by atoms with Crippen molar-refractivity contribution in [3.05, 3.63) is 35.1 Å². The molecular formula is C18H27FN2. The Morgan fingerprint density at radius 1 is 1.14 bits per heavy atom. The van der Waals surface area contributed by atoms with E-state index < -0.39 is 0 Å². The van der Waals surface area contributed by atoms with Gasteiger partial charge in [-0.1, -0.05) is 31.4 Å². The molecular weight excluding hydrogens is 263 g/mol. The maximum atomic E-state index is 13.6. The Morgan fingerprint density at radius 2 is 1.86 bits per heavy atom. The van der Waals surface area contributed by atoms with Gasteiger partial charge < -0.3 is 5.32 Å². The number of nitrogens with zero attached hydrogens (tertiary/aromatic N) is 1. The molecule has 2 nitrogen and oxygen atoms in total. The summed E-state index contributed by atoms with van der Waals surface area (Å²) >= 11 is 0. The van der Waals surface area contributed by atoms with Crippen molar-refractivity contribution in [2.75, 3.05) is 26.2 Å². The number of hydrogen-bond acceptors (Lipinski definition) is 2. The van der Waals surface area contributed by atoms with E-state index in [9.17, 15) is 4.39 Å². The van der Waals surface area contributed by atoms with Crippen LogP contribution < -0.4 is 5.32 Å². The summed E-state index contributed by atoms with van der Waals surface area (Å²) in [6, 6.07) is 6.23. The van der Waals surface area contributed by atoms with Gasteiger partial charge in [0.15, 0.2) is 0 Å². The lowest BCUT2D eigenvalue weighted by Gasteiger charge is -2.41. The van der Waals surface area contributed by atoms with Gasteiger partial charge in [-0.25, -0.2) is 4.39 Å². The molecule has 1 heterocycles. The highest BCUT2D eigenvalue weighted by atomic mass is 19.1. The standard InChI is InChI=1S/C18H27FN2/c1-14-13-16(7-8-17(14)19)18(15-5-3-2-4-6-15)21-11-9-20-10-12-21/h7-8,13,15,18,20H,2-6,9-12H2,1H3/t18-/m0/s1. The number of nitrogens with one attached hydrogen (secondary N) is 1. The third-order valence-corrected chi connectivity index (χ3v) is 5.16. The number of piperazine rings is 1. The van der Waals surface area contributed by atoms with Crippen molar-refractivity contribution in [3.8, 4) is 0 Å². The van der Waals surface area contributed by atoms with Gasteiger partial charge in [0.2, 0.25) is 0 Å². The highest BCUT2D eigenvalue weighted by molar-refractivity contribution is 5.27. The summed E-state index contributed by atoms with van der Waals surface area (Å²) in [4.78, 5) is 2.62. The summed E-state index contributed by atoms with van der Waals surface area (Å²) in [6.07, 6.45) is 6.74. The van der Waals surface area contributed by atoms with Gasteiger partial charge >= 0.3 is 0 Å². The molecule has 1 aromatic rings. The van der Waals surface area contributed by atoms with Crippen LogP contribution in [0.15, 0.2) is 18.2 Å². The van der Waals surface area contributed by atoms with Crippen molar-refractivity contribution >= 4 is 0 Å². The van der Waals surface area contributed by atoms with Crippen LogP contribution in [0.2, 0.25) is 0 Å². The molecule has 0 amide bonds. The molecule has 1 aliphatic heterocycles. The monoisotopic (exact) mass is 290 g/mol. The van der Waals surface area contributed by atoms with Gasteiger partial charge in [0, 0.05) is 32.2 Å². The van der Waals surface area contributed by atoms with Crippen molar-refractivity contribution in [2.45, 2.75) is 45.1 Å². The van der Waals surface area contributed by atoms with Gasteiger partial charge in [-0.2, -0.15) is 0 Å². The average Bonchev–Trinajstić information content (AvgIpc) is 2.53. The summed E-state index contributed by atoms with van der Waals surface area (Å²) in [6.45, 7) is 6.25. The molecule has 1 aromatic carbocycles. The molecule has 0 spiro atoms. The number of rotatable bonds is 3. The Kier molecular flexibility index (Phi) is 4.91. The van der Waals surface area contributed by atoms with E-state index in [1.54, 1.807) is 6.07 Å². The molecule has 2 fully saturated rings. The first kappa shape index (κ1) is 15.0. The highest BCUT2D eigenvalue weighted by Gasteiger charge is 2.31. The maximum absolute atomic E-state index is 13.6. The van der Waals surface area contributed by atoms with E-state index in [1.165, 1.54) is 37.7 Å². The number of halogens is 1. The van der Waals surface area contributed by atoms with E-state index in [4.69, 9.17) is 0 Å². The van der Waals surface area contributed by atoms with E-state index in [1.807, 2.05) is 13.0 Å². The molecule has 0 unspecified atom stereocenters. The molecule has 0 radical (unpaired) electrons. The van der Waals surface area contributed by atoms with Crippen LogP contribution in [-0.4, -0.2) is 31.1 Å². The van der Waals surface area contributed by atoms with Crippen LogP contribution in [0.5, 0.6) is 0 Å². The Balaban J connectivity index is 1.87. The van der Waals surface area contributed by atoms with Crippen LogP contribution in [0, 0.1) is 18.7 Å². The molecule has 21 heavy (non-hydrogen) atoms. The van der Waals surface area contributed by atoms with Crippen LogP contribution in [0.1, 0.15) is 49.3 Å². The maximum Gasteiger partial charge on any atom is 0.126 e. The van der Waals surface area contributed by atoms with E-state index in [0.717, 1.165) is 37.7 Å². The van der Waals surface area contributed by atoms with Crippen molar-refractivity contribution < 1.29 is 4.39 Å². The smallest absolute Gasteiger partial charge is 0.126 e. The summed E-state index contributed by atoms with van der Waals surface area (Å²) in [5.74, 6) is 0.656. The van der Waals surface area contributed by atoms with Crippen LogP contribution >= 0.6 is 0 Å². The summed E-state index contributed by atoms with van der Waals surface area (Å²) < 4.78 is 13.6. The van der Waals surface area contributed by atoms with Crippen LogP contribution in [0.3, 0.4) is 0 Å². The van der Waals surface area contributed by atoms with E-state index >= 15 is 0 Å². The number of aryl methyl sites for hydroxylation is 1. The molecule has 116 valence electrons. The topological polar surface area (TPSA) is 15.3 Å². The molecule has 2 aliphatic rings. The van der Waals surface area contributed by atoms with Crippen molar-refractivity contribution in [2.24, 2.45) is 5.92 Å². The molecule has 3 rings (SSSR count). The van der Waals surface area contributed by atoms with Gasteiger partial charge in [-0.15, -0.1) is 0 Å². The fourth-order valence-corrected chi connectivity index (χ4v) is 4.04. The Bertz CT molecular complexity index is 444. The van der Waals surface area contributed by atoms with Gasteiger partial charge in [-0.3, -0.25) is 4.90 Å². The Labute approximate surface area is 127 Å². The van der Waals surface area contributed by atoms with Crippen molar-refractivity contribution in [3.63, 3.8) is 0 Å². The number of hydrogen-bond donors (Lipinski definition) is 1. The van der Waals surface area contributed by atoms with Gasteiger partial charge in [0.25, 0.3) is 0 Å². The number of benzene rings is 1. The lowest BCUT2D eigenvalue weighted by molar-refractivity contribution is 0.103. The van der Waals surface area contributed by atoms with Crippen LogP contribution in [0.4, 0.5) is 4.39 Å². The quantitative estimate of drug-likeness (QED) is 0.914. The predicted molar refractivity (Wildman–Crippen MR) is 84.9 cm³/mol. The van der Waals surface area contributed by atoms with E-state index in [2.05, 4.69) is 16.3 Å². The minimum absolute atomic E-state index is 0.0820. The van der Waals surface area contributed by atoms with E-state index in [-0.39, 0.29) is 5.82 Å². The van der Waals surface area contributed by atoms with Crippen molar-refractivity contribution in [1.82, 2.24) is 10.2 Å². The second-order valence-corrected chi connectivity index (χ2v) is 6.64. The van der Waals surface area contributed by atoms with E-state index in [0.29, 0.717) is 6.04 Å². The van der Waals surface area contributed by atoms with Gasteiger partial charge in [0.1, 0.15) is 5.82 Å². The minimum atomic E-state index is -0.0820. The third-order valence-electron chi connectivity index (χ3n) is 5.16. The highest BCUT2D eigenvalue weighted by Crippen LogP contribution is 2.38. The van der Waals surface area contributed by atoms with Crippen LogP contribution in [0.25, 0.3) is 0 Å². The molecule has 1 aliphatic carbocycles. The summed E-state index contributed by atoms with van der Waals surface area (Å²) in [5.41, 5.74) is 2.10. The predicted octanol–water partition coefficient (Wildman–Crippen LogP) is 3.66. The lowest BCUT2D eigenvalue weighted by Crippen LogP contribution is -2.47. The minimum Gasteiger partial charge on any atom is -0.314 e. The molecule has 0 aromatic heterocycles. The van der Waals surface area contributed by atoms with Gasteiger partial charge in [0.05, 0.1) is 0 Å². The normalized spacial score (nSPS) is 23.1. The zero-order chi connectivity index (χ0) is 14.7. The zero-order valence-electron chi connectivity index (χ0n) is 13.1. The van der Waals surface area contributed by atoms with Gasteiger partial charge in [-0.05, 0) is 42.9 Å². The zero-order valence-corrected chi connectivity index (χ0v) is 13.1. The summed E-state index contributed by atoms with van der Waals surface area (Å²) in [5, 5.41) is 3.44. The fourth-order valence-electron chi connectivity index (χ4n) is 4.04. The second-order valence-electron chi connectivity index (χ2n) is 6.64. The largest absolute Gasteiger partial charge is 0.314 e. The molecule has 1 atom stereocenters. The Hall–Kier alpha value is -0.930. The lowest BCUT2D eigenvalue weighted by atomic mass is 9.80. The first-order chi connectivity index (χ1) is 10.3. The van der Waals surface area contributed by atoms with Crippen molar-refractivity contribution in [1.29, 1.82) is 0 Å². The first-order valence-corrected chi connectivity index (χ1v) is 8.46. The average molecular weight is 290 g/mol. The first-order valence-electron chi connectivity index (χ1n) is 8.46. The molecule has 1 N–H and O–H groups in total. The van der Waals surface area contributed by atoms with Crippen LogP contribution in [-0.2, 0) is 0 Å². The molecule has 1 saturated carbocycles. The Morgan fingerprint density at radius 3 is 2.52 bits per heavy atom. The second kappa shape index (κ2) is 6.89. The third kappa shape index (κ3) is 3.46. The molecule has 1 saturated heterocycles. The molecule has 3 heteroatoms. The molecule has 0 bridgehead atoms. The SMILES string of the molecule is Cc1cc([C@H](C2CCCCC2)N2CCNCC2)ccc1F. The summed E-state index contributed by atoms with van der Waals surface area (Å²) in [7, 11) is 0.